The van der Waals surface area contributed by atoms with E-state index in [1.165, 1.54) is 45.3 Å². The van der Waals surface area contributed by atoms with Gasteiger partial charge in [0, 0.05) is 6.54 Å². The Morgan fingerprint density at radius 3 is 2.23 bits per heavy atom. The van der Waals surface area contributed by atoms with Crippen LogP contribution in [-0.4, -0.2) is 24.5 Å². The van der Waals surface area contributed by atoms with Crippen LogP contribution >= 0.6 is 0 Å². The molecular weight excluding hydrogens is 158 g/mol. The molecule has 1 heteroatoms. The van der Waals surface area contributed by atoms with Gasteiger partial charge in [-0.2, -0.15) is 0 Å². The molecule has 1 nitrogen and oxygen atoms in total. The molecule has 80 valence electrons. The summed E-state index contributed by atoms with van der Waals surface area (Å²) in [6, 6.07) is 0. The molecule has 0 aliphatic carbocycles. The molecule has 0 aromatic heterocycles. The van der Waals surface area contributed by atoms with Crippen molar-refractivity contribution in [1.29, 1.82) is 0 Å². The van der Waals surface area contributed by atoms with E-state index in [0.717, 1.165) is 5.92 Å². The quantitative estimate of drug-likeness (QED) is 0.559. The minimum Gasteiger partial charge on any atom is -0.303 e. The third-order valence-electron chi connectivity index (χ3n) is 2.63. The first-order valence-corrected chi connectivity index (χ1v) is 5.96. The van der Waals surface area contributed by atoms with Crippen LogP contribution in [0.4, 0.5) is 0 Å². The molecule has 0 aliphatic rings. The molecule has 0 heterocycles. The molecule has 0 aromatic rings. The van der Waals surface area contributed by atoms with E-state index < -0.39 is 0 Å². The first-order chi connectivity index (χ1) is 6.24. The smallest absolute Gasteiger partial charge is 0.000690 e. The van der Waals surface area contributed by atoms with E-state index >= 15 is 0 Å². The summed E-state index contributed by atoms with van der Waals surface area (Å²) >= 11 is 0. The highest BCUT2D eigenvalue weighted by atomic mass is 15.1. The van der Waals surface area contributed by atoms with Crippen LogP contribution in [0.15, 0.2) is 0 Å². The lowest BCUT2D eigenvalue weighted by molar-refractivity contribution is 0.239. The zero-order chi connectivity index (χ0) is 10.1. The standard InChI is InChI=1S/C12H27N/c1-5-8-10-13(7-3)11-12(4)9-6-2/h12H,5-11H2,1-4H3. The Balaban J connectivity index is 3.56. The van der Waals surface area contributed by atoms with Gasteiger partial charge in [0.2, 0.25) is 0 Å². The number of nitrogens with zero attached hydrogens (tertiary/aromatic N) is 1. The highest BCUT2D eigenvalue weighted by Gasteiger charge is 2.06. The molecule has 13 heavy (non-hydrogen) atoms. The topological polar surface area (TPSA) is 3.24 Å². The third kappa shape index (κ3) is 7.06. The molecule has 0 rings (SSSR count). The van der Waals surface area contributed by atoms with Crippen LogP contribution in [0, 0.1) is 5.92 Å². The van der Waals surface area contributed by atoms with Crippen molar-refractivity contribution in [3.8, 4) is 0 Å². The number of rotatable bonds is 8. The van der Waals surface area contributed by atoms with Crippen LogP contribution in [-0.2, 0) is 0 Å². The SMILES string of the molecule is CCCCN(CC)CC(C)CCC. The van der Waals surface area contributed by atoms with Crippen molar-refractivity contribution in [2.75, 3.05) is 19.6 Å². The average molecular weight is 185 g/mol. The number of unbranched alkanes of at least 4 members (excludes halogenated alkanes) is 1. The molecule has 0 amide bonds. The molecular formula is C12H27N. The maximum Gasteiger partial charge on any atom is 0.000690 e. The lowest BCUT2D eigenvalue weighted by Gasteiger charge is -2.23. The average Bonchev–Trinajstić information content (AvgIpc) is 2.12. The van der Waals surface area contributed by atoms with E-state index in [-0.39, 0.29) is 0 Å². The lowest BCUT2D eigenvalue weighted by Crippen LogP contribution is -2.29. The van der Waals surface area contributed by atoms with Crippen LogP contribution in [0.2, 0.25) is 0 Å². The first kappa shape index (κ1) is 13.0. The van der Waals surface area contributed by atoms with Crippen molar-refractivity contribution >= 4 is 0 Å². The molecule has 0 aliphatic heterocycles. The minimum atomic E-state index is 0.877. The fourth-order valence-electron chi connectivity index (χ4n) is 1.79. The van der Waals surface area contributed by atoms with Gasteiger partial charge in [-0.05, 0) is 31.8 Å². The van der Waals surface area contributed by atoms with Gasteiger partial charge in [-0.1, -0.05) is 40.5 Å². The molecule has 0 saturated heterocycles. The third-order valence-corrected chi connectivity index (χ3v) is 2.63. The minimum absolute atomic E-state index is 0.877. The molecule has 0 radical (unpaired) electrons. The van der Waals surface area contributed by atoms with Crippen LogP contribution in [0.5, 0.6) is 0 Å². The molecule has 0 saturated carbocycles. The van der Waals surface area contributed by atoms with Crippen LogP contribution in [0.25, 0.3) is 0 Å². The van der Waals surface area contributed by atoms with Gasteiger partial charge < -0.3 is 4.90 Å². The van der Waals surface area contributed by atoms with Crippen molar-refractivity contribution in [3.63, 3.8) is 0 Å². The van der Waals surface area contributed by atoms with Gasteiger partial charge in [0.15, 0.2) is 0 Å². The van der Waals surface area contributed by atoms with Crippen molar-refractivity contribution in [2.24, 2.45) is 5.92 Å². The largest absolute Gasteiger partial charge is 0.303 e. The van der Waals surface area contributed by atoms with Gasteiger partial charge in [0.25, 0.3) is 0 Å². The highest BCUT2D eigenvalue weighted by Crippen LogP contribution is 2.08. The van der Waals surface area contributed by atoms with Crippen molar-refractivity contribution in [2.45, 2.75) is 53.4 Å². The zero-order valence-electron chi connectivity index (χ0n) is 9.97. The summed E-state index contributed by atoms with van der Waals surface area (Å²) < 4.78 is 0. The van der Waals surface area contributed by atoms with Crippen LogP contribution < -0.4 is 0 Å². The molecule has 0 N–H and O–H groups in total. The second-order valence-electron chi connectivity index (χ2n) is 4.14. The summed E-state index contributed by atoms with van der Waals surface area (Å²) in [4.78, 5) is 2.59. The van der Waals surface area contributed by atoms with Crippen LogP contribution in [0.1, 0.15) is 53.4 Å². The molecule has 0 spiro atoms. The summed E-state index contributed by atoms with van der Waals surface area (Å²) in [5, 5.41) is 0. The van der Waals surface area contributed by atoms with Crippen molar-refractivity contribution in [1.82, 2.24) is 4.90 Å². The van der Waals surface area contributed by atoms with Gasteiger partial charge in [0.1, 0.15) is 0 Å². The molecule has 1 atom stereocenters. The Morgan fingerprint density at radius 1 is 1.08 bits per heavy atom. The molecule has 1 unspecified atom stereocenters. The fraction of sp³-hybridized carbons (Fsp3) is 1.00. The monoisotopic (exact) mass is 185 g/mol. The van der Waals surface area contributed by atoms with E-state index in [1.54, 1.807) is 0 Å². The van der Waals surface area contributed by atoms with E-state index in [2.05, 4.69) is 32.6 Å². The highest BCUT2D eigenvalue weighted by molar-refractivity contribution is 4.60. The Hall–Kier alpha value is -0.0400. The van der Waals surface area contributed by atoms with Crippen molar-refractivity contribution in [3.05, 3.63) is 0 Å². The number of hydrogen-bond acceptors (Lipinski definition) is 1. The van der Waals surface area contributed by atoms with Gasteiger partial charge in [-0.25, -0.2) is 0 Å². The summed E-state index contributed by atoms with van der Waals surface area (Å²) in [5.74, 6) is 0.877. The fourth-order valence-corrected chi connectivity index (χ4v) is 1.79. The maximum atomic E-state index is 2.59. The van der Waals surface area contributed by atoms with Gasteiger partial charge in [0.05, 0.1) is 0 Å². The van der Waals surface area contributed by atoms with E-state index in [1.807, 2.05) is 0 Å². The Bertz CT molecular complexity index is 101. The van der Waals surface area contributed by atoms with E-state index in [9.17, 15) is 0 Å². The van der Waals surface area contributed by atoms with Crippen molar-refractivity contribution < 1.29 is 0 Å². The summed E-state index contributed by atoms with van der Waals surface area (Å²) in [6.45, 7) is 13.0. The molecule has 0 bridgehead atoms. The Morgan fingerprint density at radius 2 is 1.77 bits per heavy atom. The first-order valence-electron chi connectivity index (χ1n) is 5.96. The van der Waals surface area contributed by atoms with Gasteiger partial charge in [-0.15, -0.1) is 0 Å². The zero-order valence-corrected chi connectivity index (χ0v) is 9.97. The molecule has 0 aromatic carbocycles. The Labute approximate surface area is 84.5 Å². The second kappa shape index (κ2) is 8.55. The van der Waals surface area contributed by atoms with E-state index in [4.69, 9.17) is 0 Å². The number of hydrogen-bond donors (Lipinski definition) is 0. The lowest BCUT2D eigenvalue weighted by atomic mass is 10.1. The predicted octanol–water partition coefficient (Wildman–Crippen LogP) is 3.54. The summed E-state index contributed by atoms with van der Waals surface area (Å²) in [5.41, 5.74) is 0. The second-order valence-corrected chi connectivity index (χ2v) is 4.14. The van der Waals surface area contributed by atoms with E-state index in [0.29, 0.717) is 0 Å². The summed E-state index contributed by atoms with van der Waals surface area (Å²) in [7, 11) is 0. The summed E-state index contributed by atoms with van der Waals surface area (Å²) in [6.07, 6.45) is 5.38. The maximum absolute atomic E-state index is 2.59. The van der Waals surface area contributed by atoms with Crippen LogP contribution in [0.3, 0.4) is 0 Å². The Kier molecular flexibility index (Phi) is 8.53. The van der Waals surface area contributed by atoms with Gasteiger partial charge >= 0.3 is 0 Å². The van der Waals surface area contributed by atoms with Gasteiger partial charge in [-0.3, -0.25) is 0 Å². The predicted molar refractivity (Wildman–Crippen MR) is 61.1 cm³/mol. The normalized spacial score (nSPS) is 13.6. The molecule has 0 fully saturated rings.